The monoisotopic (exact) mass is 450 g/mol. The van der Waals surface area contributed by atoms with Crippen LogP contribution in [0.3, 0.4) is 0 Å². The quantitative estimate of drug-likeness (QED) is 0.247. The van der Waals surface area contributed by atoms with Crippen molar-refractivity contribution >= 4 is 29.9 Å². The molecule has 0 aliphatic rings. The van der Waals surface area contributed by atoms with Crippen LogP contribution >= 0.6 is 24.0 Å². The summed E-state index contributed by atoms with van der Waals surface area (Å²) >= 11 is 0. The number of para-hydroxylation sites is 1. The van der Waals surface area contributed by atoms with Crippen LogP contribution in [-0.2, 0) is 11.3 Å². The van der Waals surface area contributed by atoms with Crippen molar-refractivity contribution in [3.8, 4) is 5.75 Å². The van der Waals surface area contributed by atoms with E-state index >= 15 is 0 Å². The van der Waals surface area contributed by atoms with Crippen molar-refractivity contribution in [1.82, 2.24) is 15.5 Å². The fourth-order valence-electron chi connectivity index (χ4n) is 1.95. The smallest absolute Gasteiger partial charge is 0.191 e. The lowest BCUT2D eigenvalue weighted by Gasteiger charge is -2.16. The summed E-state index contributed by atoms with van der Waals surface area (Å²) in [6.07, 6.45) is 0.946. The lowest BCUT2D eigenvalue weighted by molar-refractivity contribution is 0.195. The molecule has 1 aromatic carbocycles. The summed E-state index contributed by atoms with van der Waals surface area (Å²) in [5.74, 6) is 1.70. The maximum absolute atomic E-state index is 5.87. The topological polar surface area (TPSA) is 58.1 Å². The zero-order valence-electron chi connectivity index (χ0n) is 15.2. The molecule has 0 unspecified atom stereocenters. The second kappa shape index (κ2) is 14.3. The minimum atomic E-state index is 0. The van der Waals surface area contributed by atoms with Crippen molar-refractivity contribution in [1.29, 1.82) is 0 Å². The van der Waals surface area contributed by atoms with Crippen molar-refractivity contribution in [2.75, 3.05) is 54.6 Å². The first-order valence-electron chi connectivity index (χ1n) is 7.96. The number of benzene rings is 1. The van der Waals surface area contributed by atoms with E-state index in [0.717, 1.165) is 43.4 Å². The predicted octanol–water partition coefficient (Wildman–Crippen LogP) is 1.95. The summed E-state index contributed by atoms with van der Waals surface area (Å²) in [6, 6.07) is 8.08. The first-order chi connectivity index (χ1) is 11.2. The Morgan fingerprint density at radius 1 is 1.17 bits per heavy atom. The van der Waals surface area contributed by atoms with Gasteiger partial charge in [-0.05, 0) is 26.6 Å². The number of nitrogens with one attached hydrogen (secondary N) is 2. The van der Waals surface area contributed by atoms with E-state index in [4.69, 9.17) is 9.47 Å². The van der Waals surface area contributed by atoms with Crippen molar-refractivity contribution in [2.24, 2.45) is 4.99 Å². The van der Waals surface area contributed by atoms with Crippen LogP contribution in [0.15, 0.2) is 29.3 Å². The van der Waals surface area contributed by atoms with Crippen molar-refractivity contribution in [2.45, 2.75) is 13.0 Å². The van der Waals surface area contributed by atoms with E-state index in [1.54, 1.807) is 14.2 Å². The Bertz CT molecular complexity index is 470. The highest BCUT2D eigenvalue weighted by Gasteiger charge is 2.04. The fourth-order valence-corrected chi connectivity index (χ4v) is 1.95. The Labute approximate surface area is 163 Å². The second-order valence-corrected chi connectivity index (χ2v) is 5.46. The van der Waals surface area contributed by atoms with Crippen molar-refractivity contribution < 1.29 is 9.47 Å². The van der Waals surface area contributed by atoms with E-state index in [-0.39, 0.29) is 24.0 Å². The number of guanidine groups is 1. The summed E-state index contributed by atoms with van der Waals surface area (Å²) in [5, 5.41) is 6.57. The molecule has 0 heterocycles. The third-order valence-electron chi connectivity index (χ3n) is 3.26. The average Bonchev–Trinajstić information content (AvgIpc) is 2.55. The standard InChI is InChI=1S/C17H30N4O2.HI/c1-18-17(19-10-7-12-22-4)20-14-15-8-5-6-9-16(15)23-13-11-21(2)3;/h5-6,8-9H,7,10-14H2,1-4H3,(H2,18,19,20);1H. The number of aliphatic imine (C=N–C) groups is 1. The normalized spacial score (nSPS) is 11.1. The van der Waals surface area contributed by atoms with Gasteiger partial charge in [0, 0.05) is 46.0 Å². The lowest BCUT2D eigenvalue weighted by Crippen LogP contribution is -2.37. The summed E-state index contributed by atoms with van der Waals surface area (Å²) in [4.78, 5) is 6.33. The van der Waals surface area contributed by atoms with Crippen LogP contribution in [0.5, 0.6) is 5.75 Å². The molecule has 0 aliphatic carbocycles. The number of likely N-dealkylation sites (N-methyl/N-ethyl adjacent to an activating group) is 1. The Balaban J connectivity index is 0.00000529. The van der Waals surface area contributed by atoms with E-state index in [1.807, 2.05) is 32.3 Å². The van der Waals surface area contributed by atoms with Gasteiger partial charge in [-0.15, -0.1) is 24.0 Å². The molecule has 2 N–H and O–H groups in total. The van der Waals surface area contributed by atoms with Crippen molar-refractivity contribution in [3.05, 3.63) is 29.8 Å². The van der Waals surface area contributed by atoms with Gasteiger partial charge in [-0.25, -0.2) is 0 Å². The lowest BCUT2D eigenvalue weighted by atomic mass is 10.2. The third kappa shape index (κ3) is 9.94. The molecular weight excluding hydrogens is 419 g/mol. The Kier molecular flexibility index (Phi) is 13.7. The highest BCUT2D eigenvalue weighted by atomic mass is 127. The van der Waals surface area contributed by atoms with Gasteiger partial charge in [0.15, 0.2) is 5.96 Å². The summed E-state index contributed by atoms with van der Waals surface area (Å²) < 4.78 is 10.9. The van der Waals surface area contributed by atoms with Crippen LogP contribution < -0.4 is 15.4 Å². The molecule has 0 saturated carbocycles. The molecule has 138 valence electrons. The minimum Gasteiger partial charge on any atom is -0.492 e. The Hall–Kier alpha value is -1.06. The molecule has 0 bridgehead atoms. The highest BCUT2D eigenvalue weighted by Crippen LogP contribution is 2.17. The summed E-state index contributed by atoms with van der Waals surface area (Å²) in [7, 11) is 7.55. The SMILES string of the molecule is CN=C(NCCCOC)NCc1ccccc1OCCN(C)C.I. The van der Waals surface area contributed by atoms with Crippen LogP contribution in [0.2, 0.25) is 0 Å². The molecule has 0 fully saturated rings. The van der Waals surface area contributed by atoms with E-state index < -0.39 is 0 Å². The molecule has 0 amide bonds. The molecule has 0 spiro atoms. The number of rotatable bonds is 10. The molecule has 7 heteroatoms. The fraction of sp³-hybridized carbons (Fsp3) is 0.588. The van der Waals surface area contributed by atoms with E-state index in [1.165, 1.54) is 0 Å². The molecule has 0 saturated heterocycles. The average molecular weight is 450 g/mol. The van der Waals surface area contributed by atoms with Gasteiger partial charge >= 0.3 is 0 Å². The maximum Gasteiger partial charge on any atom is 0.191 e. The minimum absolute atomic E-state index is 0. The van der Waals surface area contributed by atoms with Gasteiger partial charge in [0.05, 0.1) is 0 Å². The van der Waals surface area contributed by atoms with Gasteiger partial charge in [-0.2, -0.15) is 0 Å². The van der Waals surface area contributed by atoms with Crippen molar-refractivity contribution in [3.63, 3.8) is 0 Å². The second-order valence-electron chi connectivity index (χ2n) is 5.46. The Morgan fingerprint density at radius 3 is 2.58 bits per heavy atom. The van der Waals surface area contributed by atoms with Crippen LogP contribution in [0, 0.1) is 0 Å². The summed E-state index contributed by atoms with van der Waals surface area (Å²) in [5.41, 5.74) is 1.12. The van der Waals surface area contributed by atoms with Gasteiger partial charge in [0.25, 0.3) is 0 Å². The van der Waals surface area contributed by atoms with Gasteiger partial charge in [0.2, 0.25) is 0 Å². The largest absolute Gasteiger partial charge is 0.492 e. The molecule has 0 atom stereocenters. The zero-order valence-corrected chi connectivity index (χ0v) is 17.5. The van der Waals surface area contributed by atoms with E-state index in [2.05, 4.69) is 26.6 Å². The number of methoxy groups -OCH3 is 1. The molecule has 0 aliphatic heterocycles. The number of nitrogens with zero attached hydrogens (tertiary/aromatic N) is 2. The molecule has 6 nitrogen and oxygen atoms in total. The van der Waals surface area contributed by atoms with Crippen LogP contribution in [0.1, 0.15) is 12.0 Å². The Morgan fingerprint density at radius 2 is 1.92 bits per heavy atom. The molecule has 24 heavy (non-hydrogen) atoms. The highest BCUT2D eigenvalue weighted by molar-refractivity contribution is 14.0. The molecule has 0 radical (unpaired) electrons. The van der Waals surface area contributed by atoms with Gasteiger partial charge in [-0.1, -0.05) is 18.2 Å². The number of ether oxygens (including phenoxy) is 2. The molecule has 0 aromatic heterocycles. The van der Waals surface area contributed by atoms with Gasteiger partial charge < -0.3 is 25.0 Å². The van der Waals surface area contributed by atoms with Crippen LogP contribution in [0.25, 0.3) is 0 Å². The van der Waals surface area contributed by atoms with Crippen LogP contribution in [-0.4, -0.2) is 65.4 Å². The number of hydrogen-bond donors (Lipinski definition) is 2. The van der Waals surface area contributed by atoms with Gasteiger partial charge in [0.1, 0.15) is 12.4 Å². The zero-order chi connectivity index (χ0) is 16.9. The van der Waals surface area contributed by atoms with E-state index in [9.17, 15) is 0 Å². The van der Waals surface area contributed by atoms with Crippen LogP contribution in [0.4, 0.5) is 0 Å². The maximum atomic E-state index is 5.87. The number of hydrogen-bond acceptors (Lipinski definition) is 4. The molecule has 1 rings (SSSR count). The third-order valence-corrected chi connectivity index (χ3v) is 3.26. The first-order valence-corrected chi connectivity index (χ1v) is 7.96. The summed E-state index contributed by atoms with van der Waals surface area (Å²) in [6.45, 7) is 3.81. The van der Waals surface area contributed by atoms with E-state index in [0.29, 0.717) is 13.2 Å². The molecular formula is C17H31IN4O2. The molecule has 1 aromatic rings. The first kappa shape index (κ1) is 22.9. The predicted molar refractivity (Wildman–Crippen MR) is 111 cm³/mol. The van der Waals surface area contributed by atoms with Gasteiger partial charge in [-0.3, -0.25) is 4.99 Å². The number of halogens is 1.